The van der Waals surface area contributed by atoms with Gasteiger partial charge in [0.05, 0.1) is 18.3 Å². The molecular formula is C28H39N3O4. The molecule has 35 heavy (non-hydrogen) atoms. The summed E-state index contributed by atoms with van der Waals surface area (Å²) in [6.07, 6.45) is 10.6. The van der Waals surface area contributed by atoms with Gasteiger partial charge >= 0.3 is 0 Å². The molecule has 7 heteroatoms. The van der Waals surface area contributed by atoms with Gasteiger partial charge in [0.25, 0.3) is 5.91 Å². The number of carbonyl (C=O) groups excluding carboxylic acids is 3. The Kier molecular flexibility index (Phi) is 10.5. The Morgan fingerprint density at radius 2 is 1.51 bits per heavy atom. The summed E-state index contributed by atoms with van der Waals surface area (Å²) < 4.78 is 0. The number of aromatic nitrogens is 1. The standard InChI is InChI=1S/C28H39N3O4/c29-27(34)25-15-11-6-4-2-1-3-5-7-12-16-26(33)23-17-18-24(30-23)28(35)31(25)22(20-32)19-21-13-9-8-10-14-21/h8-10,13-14,17-18,22,25,30,32H,1-7,11-12,15-16,19-20H2,(H2,29,34)/t22-,25?/m0/s1. The Morgan fingerprint density at radius 1 is 0.914 bits per heavy atom. The molecule has 2 amide bonds. The van der Waals surface area contributed by atoms with E-state index < -0.39 is 23.9 Å². The predicted molar refractivity (Wildman–Crippen MR) is 136 cm³/mol. The second-order valence-corrected chi connectivity index (χ2v) is 9.59. The fourth-order valence-corrected chi connectivity index (χ4v) is 4.93. The fraction of sp³-hybridized carbons (Fsp3) is 0.536. The third-order valence-electron chi connectivity index (χ3n) is 6.92. The van der Waals surface area contributed by atoms with Crippen molar-refractivity contribution < 1.29 is 19.5 Å². The number of aromatic amines is 1. The molecule has 0 radical (unpaired) electrons. The summed E-state index contributed by atoms with van der Waals surface area (Å²) in [6, 6.07) is 11.3. The molecule has 7 nitrogen and oxygen atoms in total. The van der Waals surface area contributed by atoms with Crippen LogP contribution in [0, 0.1) is 0 Å². The van der Waals surface area contributed by atoms with Gasteiger partial charge in [0, 0.05) is 6.42 Å². The van der Waals surface area contributed by atoms with E-state index in [4.69, 9.17) is 5.73 Å². The zero-order valence-corrected chi connectivity index (χ0v) is 20.6. The number of nitrogens with one attached hydrogen (secondary N) is 1. The molecule has 3 rings (SSSR count). The van der Waals surface area contributed by atoms with Gasteiger partial charge in [-0.05, 0) is 37.0 Å². The lowest BCUT2D eigenvalue weighted by atomic mass is 9.98. The number of H-pyrrole nitrogens is 1. The highest BCUT2D eigenvalue weighted by molar-refractivity contribution is 5.99. The number of aliphatic hydroxyl groups excluding tert-OH is 1. The molecule has 2 aromatic rings. The minimum Gasteiger partial charge on any atom is -0.394 e. The number of fused-ring (bicyclic) bond motifs is 2. The van der Waals surface area contributed by atoms with E-state index in [2.05, 4.69) is 4.98 Å². The lowest BCUT2D eigenvalue weighted by Gasteiger charge is -2.36. The Labute approximate surface area is 208 Å². The van der Waals surface area contributed by atoms with Gasteiger partial charge in [0.15, 0.2) is 5.78 Å². The molecule has 1 aliphatic rings. The third kappa shape index (κ3) is 7.79. The van der Waals surface area contributed by atoms with Gasteiger partial charge in [0.2, 0.25) is 5.91 Å². The van der Waals surface area contributed by atoms with E-state index in [-0.39, 0.29) is 18.1 Å². The van der Waals surface area contributed by atoms with Crippen molar-refractivity contribution in [3.05, 3.63) is 59.4 Å². The van der Waals surface area contributed by atoms with Crippen molar-refractivity contribution in [3.8, 4) is 0 Å². The number of hydrogen-bond acceptors (Lipinski definition) is 4. The first kappa shape index (κ1) is 26.7. The number of primary amides is 1. The van der Waals surface area contributed by atoms with E-state index >= 15 is 0 Å². The van der Waals surface area contributed by atoms with Gasteiger partial charge in [-0.1, -0.05) is 81.7 Å². The van der Waals surface area contributed by atoms with Crippen LogP contribution in [0.25, 0.3) is 0 Å². The number of benzene rings is 1. The van der Waals surface area contributed by atoms with Crippen LogP contribution in [0.15, 0.2) is 42.5 Å². The number of Topliss-reactive ketones (excluding diaryl/α,β-unsaturated/α-hetero) is 1. The maximum Gasteiger partial charge on any atom is 0.271 e. The summed E-state index contributed by atoms with van der Waals surface area (Å²) in [4.78, 5) is 43.4. The van der Waals surface area contributed by atoms with Crippen molar-refractivity contribution in [1.82, 2.24) is 9.88 Å². The van der Waals surface area contributed by atoms with Crippen LogP contribution in [0.3, 0.4) is 0 Å². The fourth-order valence-electron chi connectivity index (χ4n) is 4.93. The topological polar surface area (TPSA) is 116 Å². The molecule has 0 saturated heterocycles. The van der Waals surface area contributed by atoms with Crippen LogP contribution in [0.4, 0.5) is 0 Å². The molecule has 0 saturated carbocycles. The van der Waals surface area contributed by atoms with Crippen LogP contribution in [0.5, 0.6) is 0 Å². The molecule has 1 aliphatic heterocycles. The number of rotatable bonds is 5. The average Bonchev–Trinajstić information content (AvgIpc) is 3.35. The summed E-state index contributed by atoms with van der Waals surface area (Å²) in [5.41, 5.74) is 7.40. The zero-order valence-electron chi connectivity index (χ0n) is 20.6. The molecule has 190 valence electrons. The number of carbonyl (C=O) groups is 3. The second kappa shape index (κ2) is 13.8. The van der Waals surface area contributed by atoms with Crippen molar-refractivity contribution in [2.45, 2.75) is 89.1 Å². The number of ketones is 1. The number of nitrogens with zero attached hydrogens (tertiary/aromatic N) is 1. The Hall–Kier alpha value is -2.93. The smallest absolute Gasteiger partial charge is 0.271 e. The SMILES string of the molecule is NC(=O)C1CCCCCCCCCCCC(=O)c2ccc([nH]2)C(=O)N1[C@H](CO)Cc1ccccc1. The van der Waals surface area contributed by atoms with E-state index in [0.29, 0.717) is 25.0 Å². The molecule has 1 aromatic carbocycles. The minimum atomic E-state index is -0.843. The van der Waals surface area contributed by atoms with Crippen molar-refractivity contribution >= 4 is 17.6 Å². The van der Waals surface area contributed by atoms with E-state index in [1.54, 1.807) is 12.1 Å². The van der Waals surface area contributed by atoms with Crippen molar-refractivity contribution in [3.63, 3.8) is 0 Å². The van der Waals surface area contributed by atoms with Crippen LogP contribution >= 0.6 is 0 Å². The molecule has 0 fully saturated rings. The van der Waals surface area contributed by atoms with Crippen LogP contribution in [0.1, 0.15) is 97.2 Å². The van der Waals surface area contributed by atoms with Crippen LogP contribution in [-0.2, 0) is 11.2 Å². The molecule has 1 unspecified atom stereocenters. The lowest BCUT2D eigenvalue weighted by molar-refractivity contribution is -0.123. The van der Waals surface area contributed by atoms with Crippen LogP contribution in [0.2, 0.25) is 0 Å². The molecule has 4 N–H and O–H groups in total. The predicted octanol–water partition coefficient (Wildman–Crippen LogP) is 4.40. The molecule has 0 spiro atoms. The normalized spacial score (nSPS) is 20.1. The zero-order chi connectivity index (χ0) is 25.0. The lowest BCUT2D eigenvalue weighted by Crippen LogP contribution is -2.54. The molecule has 0 aliphatic carbocycles. The number of amides is 2. The molecule has 2 heterocycles. The van der Waals surface area contributed by atoms with Gasteiger partial charge in [-0.25, -0.2) is 0 Å². The molecule has 2 bridgehead atoms. The van der Waals surface area contributed by atoms with Gasteiger partial charge in [-0.3, -0.25) is 14.4 Å². The number of aliphatic hydroxyl groups is 1. The molecule has 2 atom stereocenters. The Bertz CT molecular complexity index is 956. The second-order valence-electron chi connectivity index (χ2n) is 9.59. The van der Waals surface area contributed by atoms with Crippen molar-refractivity contribution in [1.29, 1.82) is 0 Å². The van der Waals surface area contributed by atoms with E-state index in [0.717, 1.165) is 50.5 Å². The molecule has 1 aromatic heterocycles. The first-order valence-corrected chi connectivity index (χ1v) is 13.0. The summed E-state index contributed by atoms with van der Waals surface area (Å²) >= 11 is 0. The Balaban J connectivity index is 1.91. The first-order valence-electron chi connectivity index (χ1n) is 13.0. The number of hydrogen-bond donors (Lipinski definition) is 3. The summed E-state index contributed by atoms with van der Waals surface area (Å²) in [5.74, 6) is -1.03. The summed E-state index contributed by atoms with van der Waals surface area (Å²) in [6.45, 7) is -0.309. The maximum absolute atomic E-state index is 13.7. The van der Waals surface area contributed by atoms with Gasteiger partial charge in [0.1, 0.15) is 11.7 Å². The van der Waals surface area contributed by atoms with E-state index in [9.17, 15) is 19.5 Å². The average molecular weight is 482 g/mol. The van der Waals surface area contributed by atoms with E-state index in [1.165, 1.54) is 17.7 Å². The largest absolute Gasteiger partial charge is 0.394 e. The first-order chi connectivity index (χ1) is 17.0. The Morgan fingerprint density at radius 3 is 2.14 bits per heavy atom. The third-order valence-corrected chi connectivity index (χ3v) is 6.92. The minimum absolute atomic E-state index is 0.0221. The van der Waals surface area contributed by atoms with E-state index in [1.807, 2.05) is 30.3 Å². The monoisotopic (exact) mass is 481 g/mol. The maximum atomic E-state index is 13.7. The van der Waals surface area contributed by atoms with Gasteiger partial charge in [-0.15, -0.1) is 0 Å². The molecular weight excluding hydrogens is 442 g/mol. The van der Waals surface area contributed by atoms with Crippen LogP contribution < -0.4 is 5.73 Å². The van der Waals surface area contributed by atoms with Crippen LogP contribution in [-0.4, -0.2) is 51.3 Å². The van der Waals surface area contributed by atoms with Gasteiger partial charge in [-0.2, -0.15) is 0 Å². The summed E-state index contributed by atoms with van der Waals surface area (Å²) in [7, 11) is 0. The van der Waals surface area contributed by atoms with Crippen molar-refractivity contribution in [2.24, 2.45) is 5.73 Å². The highest BCUT2D eigenvalue weighted by Crippen LogP contribution is 2.22. The quantitative estimate of drug-likeness (QED) is 0.587. The highest BCUT2D eigenvalue weighted by atomic mass is 16.3. The summed E-state index contributed by atoms with van der Waals surface area (Å²) in [5, 5.41) is 10.3. The van der Waals surface area contributed by atoms with Crippen molar-refractivity contribution in [2.75, 3.05) is 6.61 Å². The van der Waals surface area contributed by atoms with Gasteiger partial charge < -0.3 is 20.7 Å². The highest BCUT2D eigenvalue weighted by Gasteiger charge is 2.35. The number of nitrogens with two attached hydrogens (primary N) is 1.